The van der Waals surface area contributed by atoms with Gasteiger partial charge in [0.1, 0.15) is 11.6 Å². The van der Waals surface area contributed by atoms with Crippen molar-refractivity contribution in [3.63, 3.8) is 0 Å². The quantitative estimate of drug-likeness (QED) is 0.833. The van der Waals surface area contributed by atoms with E-state index >= 15 is 0 Å². The Hall–Kier alpha value is -1.54. The highest BCUT2D eigenvalue weighted by Gasteiger charge is 2.35. The molecule has 0 unspecified atom stereocenters. The molecule has 0 atom stereocenters. The van der Waals surface area contributed by atoms with Crippen LogP contribution in [0.4, 0.5) is 30.5 Å². The van der Waals surface area contributed by atoms with Crippen molar-refractivity contribution in [3.05, 3.63) is 39.6 Å². The highest BCUT2D eigenvalue weighted by atomic mass is 79.9. The van der Waals surface area contributed by atoms with Crippen molar-refractivity contribution in [1.29, 1.82) is 0 Å². The van der Waals surface area contributed by atoms with E-state index in [1.54, 1.807) is 18.2 Å². The summed E-state index contributed by atoms with van der Waals surface area (Å²) in [5.41, 5.74) is 5.74. The SMILES string of the molecule is Nc1cc(Nc2ccc(Br)cc2Cl)nc(C(F)(F)F)n1. The zero-order chi connectivity index (χ0) is 14.9. The highest BCUT2D eigenvalue weighted by molar-refractivity contribution is 9.10. The van der Waals surface area contributed by atoms with E-state index in [0.29, 0.717) is 10.7 Å². The zero-order valence-electron chi connectivity index (χ0n) is 9.67. The molecule has 0 saturated carbocycles. The summed E-state index contributed by atoms with van der Waals surface area (Å²) in [4.78, 5) is 6.51. The van der Waals surface area contributed by atoms with Crippen molar-refractivity contribution >= 4 is 44.9 Å². The monoisotopic (exact) mass is 366 g/mol. The lowest BCUT2D eigenvalue weighted by molar-refractivity contribution is -0.144. The molecule has 1 aromatic carbocycles. The molecule has 106 valence electrons. The topological polar surface area (TPSA) is 63.8 Å². The fourth-order valence-electron chi connectivity index (χ4n) is 1.39. The summed E-state index contributed by atoms with van der Waals surface area (Å²) >= 11 is 9.18. The number of nitrogen functional groups attached to an aromatic ring is 1. The first-order chi connectivity index (χ1) is 9.25. The molecule has 4 nitrogen and oxygen atoms in total. The first-order valence-electron chi connectivity index (χ1n) is 5.19. The van der Waals surface area contributed by atoms with Gasteiger partial charge >= 0.3 is 6.18 Å². The Kier molecular flexibility index (Phi) is 4.05. The maximum Gasteiger partial charge on any atom is 0.451 e. The number of hydrogen-bond donors (Lipinski definition) is 2. The number of hydrogen-bond acceptors (Lipinski definition) is 4. The van der Waals surface area contributed by atoms with Crippen molar-refractivity contribution in [2.45, 2.75) is 6.18 Å². The molecule has 0 aliphatic rings. The van der Waals surface area contributed by atoms with E-state index in [4.69, 9.17) is 17.3 Å². The maximum atomic E-state index is 12.6. The summed E-state index contributed by atoms with van der Waals surface area (Å²) in [5.74, 6) is -1.69. The number of halogens is 5. The Balaban J connectivity index is 2.36. The van der Waals surface area contributed by atoms with Crippen molar-refractivity contribution in [1.82, 2.24) is 9.97 Å². The second kappa shape index (κ2) is 5.45. The number of aromatic nitrogens is 2. The van der Waals surface area contributed by atoms with Crippen LogP contribution in [-0.2, 0) is 6.18 Å². The van der Waals surface area contributed by atoms with Gasteiger partial charge in [0, 0.05) is 10.5 Å². The molecule has 1 aromatic heterocycles. The second-order valence-corrected chi connectivity index (χ2v) is 5.07. The average Bonchev–Trinajstić information content (AvgIpc) is 2.31. The molecule has 2 aromatic rings. The molecule has 0 fully saturated rings. The largest absolute Gasteiger partial charge is 0.451 e. The van der Waals surface area contributed by atoms with Crippen molar-refractivity contribution < 1.29 is 13.2 Å². The van der Waals surface area contributed by atoms with Crippen LogP contribution in [0.1, 0.15) is 5.82 Å². The normalized spacial score (nSPS) is 11.4. The van der Waals surface area contributed by atoms with Crippen LogP contribution in [0, 0.1) is 0 Å². The minimum Gasteiger partial charge on any atom is -0.384 e. The third-order valence-corrected chi connectivity index (χ3v) is 3.00. The molecule has 0 aliphatic heterocycles. The number of nitrogens with one attached hydrogen (secondary N) is 1. The molecule has 0 spiro atoms. The lowest BCUT2D eigenvalue weighted by Crippen LogP contribution is -2.13. The third-order valence-electron chi connectivity index (χ3n) is 2.19. The third kappa shape index (κ3) is 3.51. The van der Waals surface area contributed by atoms with E-state index in [1.807, 2.05) is 0 Å². The van der Waals surface area contributed by atoms with Crippen LogP contribution in [0.5, 0.6) is 0 Å². The molecule has 0 aliphatic carbocycles. The van der Waals surface area contributed by atoms with Gasteiger partial charge < -0.3 is 11.1 Å². The van der Waals surface area contributed by atoms with Crippen LogP contribution < -0.4 is 11.1 Å². The van der Waals surface area contributed by atoms with Crippen LogP contribution in [0.25, 0.3) is 0 Å². The number of nitrogens with zero attached hydrogens (tertiary/aromatic N) is 2. The van der Waals surface area contributed by atoms with Gasteiger partial charge in [0.25, 0.3) is 0 Å². The van der Waals surface area contributed by atoms with Gasteiger partial charge in [-0.1, -0.05) is 27.5 Å². The summed E-state index contributed by atoms with van der Waals surface area (Å²) < 4.78 is 38.5. The number of benzene rings is 1. The van der Waals surface area contributed by atoms with Gasteiger partial charge in [-0.25, -0.2) is 9.97 Å². The molecular weight excluding hydrogens is 360 g/mol. The molecular formula is C11H7BrClF3N4. The van der Waals surface area contributed by atoms with Crippen molar-refractivity contribution in [2.24, 2.45) is 0 Å². The molecule has 9 heteroatoms. The van der Waals surface area contributed by atoms with Crippen LogP contribution in [0.2, 0.25) is 5.02 Å². The average molecular weight is 368 g/mol. The van der Waals surface area contributed by atoms with E-state index in [1.165, 1.54) is 6.07 Å². The molecule has 0 saturated heterocycles. The van der Waals surface area contributed by atoms with Crippen LogP contribution >= 0.6 is 27.5 Å². The minimum absolute atomic E-state index is 0.0888. The zero-order valence-corrected chi connectivity index (χ0v) is 12.0. The standard InChI is InChI=1S/C11H7BrClF3N4/c12-5-1-2-7(6(13)3-5)18-9-4-8(17)19-10(20-9)11(14,15)16/h1-4H,(H3,17,18,19,20). The summed E-state index contributed by atoms with van der Waals surface area (Å²) in [7, 11) is 0. The smallest absolute Gasteiger partial charge is 0.384 e. The van der Waals surface area contributed by atoms with Gasteiger partial charge in [-0.05, 0) is 18.2 Å². The molecule has 1 heterocycles. The van der Waals surface area contributed by atoms with Gasteiger partial charge in [0.15, 0.2) is 0 Å². The van der Waals surface area contributed by atoms with Crippen LogP contribution in [-0.4, -0.2) is 9.97 Å². The van der Waals surface area contributed by atoms with Crippen LogP contribution in [0.3, 0.4) is 0 Å². The molecule has 0 bridgehead atoms. The lowest BCUT2D eigenvalue weighted by Gasteiger charge is -2.11. The molecule has 2 rings (SSSR count). The van der Waals surface area contributed by atoms with Gasteiger partial charge in [-0.15, -0.1) is 0 Å². The van der Waals surface area contributed by atoms with E-state index in [2.05, 4.69) is 31.2 Å². The second-order valence-electron chi connectivity index (χ2n) is 3.75. The van der Waals surface area contributed by atoms with Gasteiger partial charge in [-0.3, -0.25) is 0 Å². The Morgan fingerprint density at radius 1 is 1.20 bits per heavy atom. The molecule has 20 heavy (non-hydrogen) atoms. The van der Waals surface area contributed by atoms with Crippen molar-refractivity contribution in [2.75, 3.05) is 11.1 Å². The first kappa shape index (κ1) is 14.9. The van der Waals surface area contributed by atoms with Gasteiger partial charge in [0.2, 0.25) is 5.82 Å². The van der Waals surface area contributed by atoms with E-state index in [-0.39, 0.29) is 11.6 Å². The van der Waals surface area contributed by atoms with Crippen LogP contribution in [0.15, 0.2) is 28.7 Å². The van der Waals surface area contributed by atoms with E-state index in [9.17, 15) is 13.2 Å². The van der Waals surface area contributed by atoms with Gasteiger partial charge in [-0.2, -0.15) is 13.2 Å². The molecule has 3 N–H and O–H groups in total. The summed E-state index contributed by atoms with van der Waals surface area (Å²) in [6.45, 7) is 0. The summed E-state index contributed by atoms with van der Waals surface area (Å²) in [6.07, 6.45) is -4.67. The van der Waals surface area contributed by atoms with Gasteiger partial charge in [0.05, 0.1) is 10.7 Å². The summed E-state index contributed by atoms with van der Waals surface area (Å²) in [6, 6.07) is 6.06. The Morgan fingerprint density at radius 2 is 1.90 bits per heavy atom. The Labute approximate surface area is 125 Å². The predicted molar refractivity (Wildman–Crippen MR) is 73.9 cm³/mol. The number of alkyl halides is 3. The summed E-state index contributed by atoms with van der Waals surface area (Å²) in [5, 5.41) is 2.99. The number of rotatable bonds is 2. The first-order valence-corrected chi connectivity index (χ1v) is 6.36. The highest BCUT2D eigenvalue weighted by Crippen LogP contribution is 2.31. The minimum atomic E-state index is -4.67. The Morgan fingerprint density at radius 3 is 2.50 bits per heavy atom. The van der Waals surface area contributed by atoms with E-state index < -0.39 is 12.0 Å². The molecule has 0 radical (unpaired) electrons. The fraction of sp³-hybridized carbons (Fsp3) is 0.0909. The fourth-order valence-corrected chi connectivity index (χ4v) is 2.11. The lowest BCUT2D eigenvalue weighted by atomic mass is 10.3. The molecule has 0 amide bonds. The maximum absolute atomic E-state index is 12.6. The van der Waals surface area contributed by atoms with E-state index in [0.717, 1.165) is 4.47 Å². The number of nitrogens with two attached hydrogens (primary N) is 1. The van der Waals surface area contributed by atoms with Crippen molar-refractivity contribution in [3.8, 4) is 0 Å². The predicted octanol–water partition coefficient (Wildman–Crippen LogP) is 4.24. The Bertz CT molecular complexity index is 648. The number of anilines is 3.